The van der Waals surface area contributed by atoms with Crippen molar-refractivity contribution in [1.82, 2.24) is 5.32 Å². The molecular weight excluding hydrogens is 394 g/mol. The predicted molar refractivity (Wildman–Crippen MR) is 109 cm³/mol. The Morgan fingerprint density at radius 1 is 1.24 bits per heavy atom. The quantitative estimate of drug-likeness (QED) is 0.480. The molecule has 0 fully saturated rings. The van der Waals surface area contributed by atoms with Gasteiger partial charge in [0.1, 0.15) is 11.8 Å². The van der Waals surface area contributed by atoms with Gasteiger partial charge in [-0.2, -0.15) is 0 Å². The molecule has 1 atom stereocenters. The number of hydrogen-bond donors (Lipinski definition) is 1. The van der Waals surface area contributed by atoms with Crippen LogP contribution >= 0.6 is 11.6 Å². The summed E-state index contributed by atoms with van der Waals surface area (Å²) >= 11 is 6.08. The first-order chi connectivity index (χ1) is 14.0. The normalized spacial score (nSPS) is 13.8. The smallest absolute Gasteiger partial charge is 0.270 e. The van der Waals surface area contributed by atoms with Gasteiger partial charge in [-0.15, -0.1) is 0 Å². The fourth-order valence-electron chi connectivity index (χ4n) is 3.62. The molecule has 1 aliphatic heterocycles. The van der Waals surface area contributed by atoms with E-state index in [1.807, 2.05) is 24.3 Å². The Hall–Kier alpha value is -3.32. The molecule has 1 unspecified atom stereocenters. The molecule has 148 valence electrons. The number of hydrogen-bond acceptors (Lipinski definition) is 5. The molecule has 0 saturated carbocycles. The number of carbonyl (C=O) groups is 1. The lowest BCUT2D eigenvalue weighted by atomic mass is 10.1. The molecular formula is C21H18ClN3O4. The first-order valence-corrected chi connectivity index (χ1v) is 9.52. The number of nitro benzene ring substituents is 1. The Morgan fingerprint density at radius 3 is 2.79 bits per heavy atom. The summed E-state index contributed by atoms with van der Waals surface area (Å²) in [6.07, 6.45) is 2.54. The van der Waals surface area contributed by atoms with Crippen LogP contribution in [0.1, 0.15) is 27.7 Å². The molecule has 8 heteroatoms. The number of non-ortho nitro benzene ring substituents is 1. The Bertz CT molecular complexity index is 1050. The van der Waals surface area contributed by atoms with Crippen molar-refractivity contribution in [3.63, 3.8) is 0 Å². The zero-order chi connectivity index (χ0) is 20.4. The van der Waals surface area contributed by atoms with E-state index in [9.17, 15) is 14.9 Å². The van der Waals surface area contributed by atoms with Crippen molar-refractivity contribution in [3.8, 4) is 0 Å². The van der Waals surface area contributed by atoms with Gasteiger partial charge < -0.3 is 14.6 Å². The highest BCUT2D eigenvalue weighted by molar-refractivity contribution is 6.34. The molecule has 0 bridgehead atoms. The first kappa shape index (κ1) is 19.0. The van der Waals surface area contributed by atoms with Gasteiger partial charge in [-0.3, -0.25) is 14.9 Å². The van der Waals surface area contributed by atoms with Gasteiger partial charge in [0, 0.05) is 30.9 Å². The number of anilines is 1. The lowest BCUT2D eigenvalue weighted by Gasteiger charge is -2.29. The van der Waals surface area contributed by atoms with Gasteiger partial charge in [0.2, 0.25) is 0 Å². The average Bonchev–Trinajstić information content (AvgIpc) is 3.39. The third-order valence-electron chi connectivity index (χ3n) is 5.04. The largest absolute Gasteiger partial charge is 0.467 e. The number of furan rings is 1. The maximum atomic E-state index is 12.7. The first-order valence-electron chi connectivity index (χ1n) is 9.14. The van der Waals surface area contributed by atoms with Crippen molar-refractivity contribution in [3.05, 3.63) is 92.9 Å². The van der Waals surface area contributed by atoms with E-state index in [0.717, 1.165) is 24.4 Å². The summed E-state index contributed by atoms with van der Waals surface area (Å²) in [4.78, 5) is 25.2. The highest BCUT2D eigenvalue weighted by Crippen LogP contribution is 2.35. The molecule has 0 radical (unpaired) electrons. The molecule has 7 nitrogen and oxygen atoms in total. The summed E-state index contributed by atoms with van der Waals surface area (Å²) in [5.41, 5.74) is 2.41. The number of carbonyl (C=O) groups excluding carboxylic acids is 1. The van der Waals surface area contributed by atoms with Crippen LogP contribution in [-0.2, 0) is 6.42 Å². The van der Waals surface area contributed by atoms with E-state index >= 15 is 0 Å². The van der Waals surface area contributed by atoms with Crippen molar-refractivity contribution >= 4 is 28.9 Å². The van der Waals surface area contributed by atoms with Crippen LogP contribution in [0.3, 0.4) is 0 Å². The minimum Gasteiger partial charge on any atom is -0.467 e. The molecule has 2 aromatic carbocycles. The summed E-state index contributed by atoms with van der Waals surface area (Å²) in [5, 5.41) is 13.8. The van der Waals surface area contributed by atoms with Crippen molar-refractivity contribution in [2.75, 3.05) is 18.0 Å². The minimum atomic E-state index is -0.550. The third kappa shape index (κ3) is 3.82. The fourth-order valence-corrected chi connectivity index (χ4v) is 3.88. The second-order valence-corrected chi connectivity index (χ2v) is 7.14. The van der Waals surface area contributed by atoms with Gasteiger partial charge in [-0.05, 0) is 36.2 Å². The van der Waals surface area contributed by atoms with E-state index in [1.165, 1.54) is 23.8 Å². The van der Waals surface area contributed by atoms with Gasteiger partial charge in [-0.1, -0.05) is 29.8 Å². The zero-order valence-corrected chi connectivity index (χ0v) is 16.1. The molecule has 0 spiro atoms. The molecule has 2 heterocycles. The summed E-state index contributed by atoms with van der Waals surface area (Å²) in [5.74, 6) is 0.353. The number of amides is 1. The van der Waals surface area contributed by atoms with Gasteiger partial charge >= 0.3 is 0 Å². The number of rotatable bonds is 6. The fraction of sp³-hybridized carbons (Fsp3) is 0.190. The molecule has 4 rings (SSSR count). The van der Waals surface area contributed by atoms with Crippen molar-refractivity contribution < 1.29 is 14.1 Å². The lowest BCUT2D eigenvalue weighted by Crippen LogP contribution is -2.37. The number of halogens is 1. The molecule has 29 heavy (non-hydrogen) atoms. The van der Waals surface area contributed by atoms with Crippen LogP contribution in [0.25, 0.3) is 0 Å². The highest BCUT2D eigenvalue weighted by Gasteiger charge is 2.29. The molecule has 1 aliphatic rings. The van der Waals surface area contributed by atoms with Crippen LogP contribution in [0.15, 0.2) is 65.3 Å². The van der Waals surface area contributed by atoms with Gasteiger partial charge in [0.05, 0.1) is 21.8 Å². The number of nitro groups is 1. The third-order valence-corrected chi connectivity index (χ3v) is 5.35. The predicted octanol–water partition coefficient (Wildman–Crippen LogP) is 4.38. The van der Waals surface area contributed by atoms with E-state index < -0.39 is 10.8 Å². The Morgan fingerprint density at radius 2 is 2.07 bits per heavy atom. The van der Waals surface area contributed by atoms with E-state index in [0.29, 0.717) is 6.54 Å². The number of nitrogens with zero attached hydrogens (tertiary/aromatic N) is 2. The summed E-state index contributed by atoms with van der Waals surface area (Å²) in [7, 11) is 0. The molecule has 0 aliphatic carbocycles. The van der Waals surface area contributed by atoms with Crippen LogP contribution in [0.5, 0.6) is 0 Å². The second-order valence-electron chi connectivity index (χ2n) is 6.73. The molecule has 1 amide bonds. The van der Waals surface area contributed by atoms with Crippen LogP contribution in [0.4, 0.5) is 11.4 Å². The lowest BCUT2D eigenvalue weighted by molar-refractivity contribution is -0.384. The highest BCUT2D eigenvalue weighted by atomic mass is 35.5. The molecule has 0 saturated heterocycles. The Kier molecular flexibility index (Phi) is 5.22. The van der Waals surface area contributed by atoms with Crippen molar-refractivity contribution in [2.45, 2.75) is 12.5 Å². The van der Waals surface area contributed by atoms with Gasteiger partial charge in [-0.25, -0.2) is 0 Å². The topological polar surface area (TPSA) is 88.6 Å². The summed E-state index contributed by atoms with van der Waals surface area (Å²) < 4.78 is 5.63. The SMILES string of the molecule is O=C(NCC(c1ccco1)N1CCc2ccccc21)c1ccc([N+](=O)[O-])cc1Cl. The van der Waals surface area contributed by atoms with Gasteiger partial charge in [0.25, 0.3) is 11.6 Å². The van der Waals surface area contributed by atoms with Crippen LogP contribution in [-0.4, -0.2) is 23.9 Å². The Labute approximate surface area is 172 Å². The monoisotopic (exact) mass is 411 g/mol. The summed E-state index contributed by atoms with van der Waals surface area (Å²) in [6.45, 7) is 1.12. The average molecular weight is 412 g/mol. The number of nitrogens with one attached hydrogen (secondary N) is 1. The van der Waals surface area contributed by atoms with Crippen molar-refractivity contribution in [1.29, 1.82) is 0 Å². The molecule has 1 aromatic heterocycles. The molecule has 1 N–H and O–H groups in total. The maximum absolute atomic E-state index is 12.7. The number of para-hydroxylation sites is 1. The van der Waals surface area contributed by atoms with Crippen LogP contribution in [0, 0.1) is 10.1 Å². The Balaban J connectivity index is 1.54. The standard InChI is InChI=1S/C21H18ClN3O4/c22-17-12-15(25(27)28)7-8-16(17)21(26)23-13-19(20-6-3-11-29-20)24-10-9-14-4-1-2-5-18(14)24/h1-8,11-12,19H,9-10,13H2,(H,23,26). The minimum absolute atomic E-state index is 0.0396. The van der Waals surface area contributed by atoms with E-state index in [2.05, 4.69) is 22.3 Å². The number of fused-ring (bicyclic) bond motifs is 1. The molecule has 3 aromatic rings. The van der Waals surface area contributed by atoms with E-state index in [-0.39, 0.29) is 22.3 Å². The van der Waals surface area contributed by atoms with Gasteiger partial charge in [0.15, 0.2) is 0 Å². The van der Waals surface area contributed by atoms with Crippen molar-refractivity contribution in [2.24, 2.45) is 0 Å². The summed E-state index contributed by atoms with van der Waals surface area (Å²) in [6, 6.07) is 15.5. The van der Waals surface area contributed by atoms with Crippen LogP contribution in [0.2, 0.25) is 5.02 Å². The van der Waals surface area contributed by atoms with Crippen LogP contribution < -0.4 is 10.2 Å². The zero-order valence-electron chi connectivity index (χ0n) is 15.4. The van der Waals surface area contributed by atoms with E-state index in [1.54, 1.807) is 6.26 Å². The second kappa shape index (κ2) is 7.97. The number of benzene rings is 2. The maximum Gasteiger partial charge on any atom is 0.270 e. The van der Waals surface area contributed by atoms with E-state index in [4.69, 9.17) is 16.0 Å².